The van der Waals surface area contributed by atoms with Crippen molar-refractivity contribution in [1.29, 1.82) is 0 Å². The highest BCUT2D eigenvalue weighted by atomic mass is 35.5. The van der Waals surface area contributed by atoms with Crippen LogP contribution in [-0.4, -0.2) is 42.5 Å². The van der Waals surface area contributed by atoms with E-state index in [0.29, 0.717) is 17.5 Å². The van der Waals surface area contributed by atoms with Gasteiger partial charge in [0.15, 0.2) is 0 Å². The molecule has 1 saturated heterocycles. The van der Waals surface area contributed by atoms with E-state index < -0.39 is 15.9 Å². The van der Waals surface area contributed by atoms with Gasteiger partial charge < -0.3 is 5.11 Å². The van der Waals surface area contributed by atoms with Gasteiger partial charge in [0, 0.05) is 29.1 Å². The van der Waals surface area contributed by atoms with Gasteiger partial charge in [0.25, 0.3) is 5.91 Å². The van der Waals surface area contributed by atoms with Crippen molar-refractivity contribution in [1.82, 2.24) is 9.73 Å². The Bertz CT molecular complexity index is 1360. The van der Waals surface area contributed by atoms with Gasteiger partial charge in [-0.1, -0.05) is 55.3 Å². The van der Waals surface area contributed by atoms with Gasteiger partial charge in [-0.05, 0) is 48.9 Å². The first kappa shape index (κ1) is 24.2. The van der Waals surface area contributed by atoms with Gasteiger partial charge in [0.1, 0.15) is 5.75 Å². The van der Waals surface area contributed by atoms with Crippen LogP contribution in [0.4, 0.5) is 0 Å². The van der Waals surface area contributed by atoms with Gasteiger partial charge in [-0.3, -0.25) is 4.79 Å². The molecule has 1 amide bonds. The SMILES string of the molecule is CCC1CCCCN1S(=O)(=O)c1ccc(/C=N/NC(=O)c2ccc(O)c(Cl)c2)c2ccccc12. The number of rotatable bonds is 6. The minimum Gasteiger partial charge on any atom is -0.506 e. The predicted molar refractivity (Wildman–Crippen MR) is 134 cm³/mol. The van der Waals surface area contributed by atoms with Gasteiger partial charge in [0.2, 0.25) is 10.0 Å². The molecule has 1 heterocycles. The molecule has 0 spiro atoms. The third kappa shape index (κ3) is 4.80. The van der Waals surface area contributed by atoms with Crippen LogP contribution in [0.5, 0.6) is 5.75 Å². The molecule has 0 aromatic heterocycles. The minimum atomic E-state index is -3.66. The second kappa shape index (κ2) is 10.1. The molecule has 9 heteroatoms. The van der Waals surface area contributed by atoms with Crippen molar-refractivity contribution in [2.75, 3.05) is 6.54 Å². The lowest BCUT2D eigenvalue weighted by molar-refractivity contribution is 0.0955. The van der Waals surface area contributed by atoms with Crippen molar-refractivity contribution in [3.8, 4) is 5.75 Å². The zero-order chi connectivity index (χ0) is 24.3. The summed E-state index contributed by atoms with van der Waals surface area (Å²) in [5, 5.41) is 14.9. The number of hydrogen-bond acceptors (Lipinski definition) is 5. The number of piperidine rings is 1. The molecular formula is C25H26ClN3O4S. The van der Waals surface area contributed by atoms with Crippen molar-refractivity contribution in [3.63, 3.8) is 0 Å². The van der Waals surface area contributed by atoms with Gasteiger partial charge in [-0.2, -0.15) is 9.41 Å². The van der Waals surface area contributed by atoms with E-state index in [4.69, 9.17) is 11.6 Å². The maximum Gasteiger partial charge on any atom is 0.271 e. The van der Waals surface area contributed by atoms with Gasteiger partial charge in [0.05, 0.1) is 16.1 Å². The van der Waals surface area contributed by atoms with E-state index in [9.17, 15) is 18.3 Å². The van der Waals surface area contributed by atoms with E-state index in [2.05, 4.69) is 10.5 Å². The second-order valence-electron chi connectivity index (χ2n) is 8.24. The standard InChI is InChI=1S/C25H26ClN3O4S/c1-2-19-7-5-6-14-29(19)34(32,33)24-13-11-18(20-8-3-4-9-21(20)24)16-27-28-25(31)17-10-12-23(30)22(26)15-17/h3-4,8-13,15-16,19,30H,2,5-7,14H2,1H3,(H,28,31)/b27-16+. The first-order chi connectivity index (χ1) is 16.3. The number of phenols is 1. The lowest BCUT2D eigenvalue weighted by Gasteiger charge is -2.34. The van der Waals surface area contributed by atoms with Crippen LogP contribution < -0.4 is 5.43 Å². The van der Waals surface area contributed by atoms with E-state index in [1.54, 1.807) is 22.5 Å². The number of carbonyl (C=O) groups is 1. The summed E-state index contributed by atoms with van der Waals surface area (Å²) in [5.74, 6) is -0.601. The fourth-order valence-electron chi connectivity index (χ4n) is 4.33. The molecule has 7 nitrogen and oxygen atoms in total. The topological polar surface area (TPSA) is 99.1 Å². The summed E-state index contributed by atoms with van der Waals surface area (Å²) in [5.41, 5.74) is 3.35. The number of nitrogens with one attached hydrogen (secondary N) is 1. The highest BCUT2D eigenvalue weighted by molar-refractivity contribution is 7.89. The van der Waals surface area contributed by atoms with Crippen LogP contribution in [0.25, 0.3) is 10.8 Å². The summed E-state index contributed by atoms with van der Waals surface area (Å²) in [7, 11) is -3.66. The fraction of sp³-hybridized carbons (Fsp3) is 0.280. The Hall–Kier alpha value is -2.94. The second-order valence-corrected chi connectivity index (χ2v) is 10.5. The zero-order valence-electron chi connectivity index (χ0n) is 18.7. The number of benzene rings is 3. The van der Waals surface area contributed by atoms with E-state index >= 15 is 0 Å². The number of halogens is 1. The average molecular weight is 500 g/mol. The Balaban J connectivity index is 1.63. The highest BCUT2D eigenvalue weighted by Gasteiger charge is 2.33. The number of nitrogens with zero attached hydrogens (tertiary/aromatic N) is 2. The van der Waals surface area contributed by atoms with E-state index in [-0.39, 0.29) is 27.3 Å². The molecule has 34 heavy (non-hydrogen) atoms. The first-order valence-electron chi connectivity index (χ1n) is 11.2. The summed E-state index contributed by atoms with van der Waals surface area (Å²) >= 11 is 5.86. The van der Waals surface area contributed by atoms with Gasteiger partial charge in [-0.25, -0.2) is 13.8 Å². The molecule has 0 aliphatic carbocycles. The molecule has 4 rings (SSSR count). The summed E-state index contributed by atoms with van der Waals surface area (Å²) < 4.78 is 28.8. The third-order valence-corrected chi connectivity index (χ3v) is 8.44. The van der Waals surface area contributed by atoms with Crippen molar-refractivity contribution >= 4 is 44.5 Å². The first-order valence-corrected chi connectivity index (χ1v) is 13.0. The molecule has 2 N–H and O–H groups in total. The van der Waals surface area contributed by atoms with Gasteiger partial charge in [-0.15, -0.1) is 0 Å². The maximum absolute atomic E-state index is 13.6. The van der Waals surface area contributed by atoms with Crippen LogP contribution in [0.15, 0.2) is 64.6 Å². The normalized spacial score (nSPS) is 17.3. The quantitative estimate of drug-likeness (QED) is 0.371. The third-order valence-electron chi connectivity index (χ3n) is 6.13. The number of fused-ring (bicyclic) bond motifs is 1. The smallest absolute Gasteiger partial charge is 0.271 e. The number of phenolic OH excluding ortho intramolecular Hbond substituents is 1. The Morgan fingerprint density at radius 3 is 2.68 bits per heavy atom. The zero-order valence-corrected chi connectivity index (χ0v) is 20.3. The molecule has 0 saturated carbocycles. The molecule has 1 fully saturated rings. The number of carbonyl (C=O) groups excluding carboxylic acids is 1. The van der Waals surface area contributed by atoms with E-state index in [1.807, 2.05) is 25.1 Å². The van der Waals surface area contributed by atoms with Crippen LogP contribution in [0.2, 0.25) is 5.02 Å². The summed E-state index contributed by atoms with van der Waals surface area (Å²) in [4.78, 5) is 12.6. The van der Waals surface area contributed by atoms with Crippen LogP contribution in [0.3, 0.4) is 0 Å². The molecule has 1 unspecified atom stereocenters. The molecule has 0 bridgehead atoms. The highest BCUT2D eigenvalue weighted by Crippen LogP contribution is 2.32. The van der Waals surface area contributed by atoms with Crippen molar-refractivity contribution < 1.29 is 18.3 Å². The Kier molecular flexibility index (Phi) is 7.21. The minimum absolute atomic E-state index is 0.0161. The Morgan fingerprint density at radius 1 is 1.18 bits per heavy atom. The number of sulfonamides is 1. The molecule has 1 atom stereocenters. The van der Waals surface area contributed by atoms with E-state index in [1.165, 1.54) is 24.4 Å². The van der Waals surface area contributed by atoms with Crippen LogP contribution in [0.1, 0.15) is 48.5 Å². The fourth-order valence-corrected chi connectivity index (χ4v) is 6.48. The number of hydrazone groups is 1. The van der Waals surface area contributed by atoms with Crippen molar-refractivity contribution in [2.24, 2.45) is 5.10 Å². The van der Waals surface area contributed by atoms with E-state index in [0.717, 1.165) is 31.1 Å². The summed E-state index contributed by atoms with van der Waals surface area (Å²) in [6, 6.07) is 14.7. The number of aromatic hydroxyl groups is 1. The summed E-state index contributed by atoms with van der Waals surface area (Å²) in [6.45, 7) is 2.56. The lowest BCUT2D eigenvalue weighted by atomic mass is 10.0. The molecule has 3 aromatic rings. The predicted octanol–water partition coefficient (Wildman–Crippen LogP) is 4.92. The average Bonchev–Trinajstić information content (AvgIpc) is 2.85. The van der Waals surface area contributed by atoms with Crippen LogP contribution in [0, 0.1) is 0 Å². The molecule has 1 aliphatic rings. The number of amides is 1. The monoisotopic (exact) mass is 499 g/mol. The summed E-state index contributed by atoms with van der Waals surface area (Å²) in [6.07, 6.45) is 5.06. The molecule has 1 aliphatic heterocycles. The molecule has 178 valence electrons. The van der Waals surface area contributed by atoms with Gasteiger partial charge >= 0.3 is 0 Å². The Labute approximate surface area is 204 Å². The van der Waals surface area contributed by atoms with Crippen LogP contribution in [-0.2, 0) is 10.0 Å². The molecule has 0 radical (unpaired) electrons. The van der Waals surface area contributed by atoms with Crippen molar-refractivity contribution in [3.05, 3.63) is 70.7 Å². The Morgan fingerprint density at radius 2 is 1.94 bits per heavy atom. The molecule has 3 aromatic carbocycles. The maximum atomic E-state index is 13.6. The van der Waals surface area contributed by atoms with Crippen LogP contribution >= 0.6 is 11.6 Å². The van der Waals surface area contributed by atoms with Crippen molar-refractivity contribution in [2.45, 2.75) is 43.5 Å². The molecular weight excluding hydrogens is 474 g/mol. The number of hydrogen-bond donors (Lipinski definition) is 2. The largest absolute Gasteiger partial charge is 0.506 e. The lowest BCUT2D eigenvalue weighted by Crippen LogP contribution is -2.43.